The largest absolute Gasteiger partial charge is 0.335 e. The highest BCUT2D eigenvalue weighted by molar-refractivity contribution is 6.03. The molecule has 2 saturated heterocycles. The first-order valence-electron chi connectivity index (χ1n) is 9.03. The van der Waals surface area contributed by atoms with E-state index in [-0.39, 0.29) is 36.5 Å². The highest BCUT2D eigenvalue weighted by atomic mass is 16.7. The summed E-state index contributed by atoms with van der Waals surface area (Å²) in [5, 5.41) is 1.15. The van der Waals surface area contributed by atoms with Crippen LogP contribution in [-0.2, 0) is 38.4 Å². The van der Waals surface area contributed by atoms with Crippen LogP contribution in [0.4, 0.5) is 0 Å². The van der Waals surface area contributed by atoms with Crippen LogP contribution in [0.1, 0.15) is 54.4 Å². The van der Waals surface area contributed by atoms with Gasteiger partial charge in [-0.05, 0) is 0 Å². The second-order valence-corrected chi connectivity index (χ2v) is 7.39. The van der Waals surface area contributed by atoms with Gasteiger partial charge in [0.05, 0.1) is 11.8 Å². The summed E-state index contributed by atoms with van der Waals surface area (Å²) in [6.07, 6.45) is 0.231. The molecule has 10 heteroatoms. The Labute approximate surface area is 163 Å². The average Bonchev–Trinajstić information content (AvgIpc) is 2.98. The quantitative estimate of drug-likeness (QED) is 0.642. The summed E-state index contributed by atoms with van der Waals surface area (Å²) in [5.74, 6) is -4.40. The summed E-state index contributed by atoms with van der Waals surface area (Å²) in [4.78, 5) is 76.5. The number of imide groups is 2. The lowest BCUT2D eigenvalue weighted by Gasteiger charge is -2.14. The van der Waals surface area contributed by atoms with Gasteiger partial charge < -0.3 is 9.68 Å². The number of amides is 4. The number of hydrogen-bond acceptors (Lipinski definition) is 8. The van der Waals surface area contributed by atoms with Gasteiger partial charge in [-0.15, -0.1) is 10.1 Å². The van der Waals surface area contributed by atoms with Gasteiger partial charge in [-0.2, -0.15) is 0 Å². The van der Waals surface area contributed by atoms with Crippen molar-refractivity contribution in [3.05, 3.63) is 0 Å². The van der Waals surface area contributed by atoms with E-state index in [1.165, 1.54) is 0 Å². The third-order valence-electron chi connectivity index (χ3n) is 3.96. The fraction of sp³-hybridized carbons (Fsp3) is 0.667. The molecule has 2 unspecified atom stereocenters. The van der Waals surface area contributed by atoms with Crippen LogP contribution in [-0.4, -0.2) is 45.7 Å². The number of rotatable bonds is 4. The van der Waals surface area contributed by atoms with Crippen molar-refractivity contribution in [2.45, 2.75) is 54.4 Å². The highest BCUT2D eigenvalue weighted by Crippen LogP contribution is 2.20. The molecule has 2 atom stereocenters. The maximum absolute atomic E-state index is 11.3. The zero-order chi connectivity index (χ0) is 21.8. The molecule has 2 fully saturated rings. The van der Waals surface area contributed by atoms with E-state index in [4.69, 9.17) is 0 Å². The van der Waals surface area contributed by atoms with E-state index < -0.39 is 35.6 Å². The third-order valence-corrected chi connectivity index (χ3v) is 3.96. The summed E-state index contributed by atoms with van der Waals surface area (Å²) in [6, 6.07) is 0. The summed E-state index contributed by atoms with van der Waals surface area (Å²) in [5.41, 5.74) is 0. The highest BCUT2D eigenvalue weighted by Gasteiger charge is 2.40. The van der Waals surface area contributed by atoms with Gasteiger partial charge in [0.15, 0.2) is 0 Å². The monoisotopic (exact) mass is 398 g/mol. The SMILES string of the molecule is CC(C)C(=O)ON1C(=O)CC(C)C1=O.CC(C)C(=O)ON1C(=O)CC(C)C1=O. The van der Waals surface area contributed by atoms with Crippen molar-refractivity contribution in [3.63, 3.8) is 0 Å². The molecule has 0 aromatic carbocycles. The van der Waals surface area contributed by atoms with E-state index >= 15 is 0 Å². The van der Waals surface area contributed by atoms with Crippen molar-refractivity contribution in [1.82, 2.24) is 10.1 Å². The van der Waals surface area contributed by atoms with Gasteiger partial charge in [0.2, 0.25) is 0 Å². The van der Waals surface area contributed by atoms with Crippen molar-refractivity contribution in [3.8, 4) is 0 Å². The standard InChI is InChI=1S/2C9H13NO4/c2*1-5(2)9(13)14-10-7(11)4-6(3)8(10)12/h2*5-6H,4H2,1-3H3. The van der Waals surface area contributed by atoms with Gasteiger partial charge in [-0.1, -0.05) is 41.5 Å². The van der Waals surface area contributed by atoms with E-state index in [0.717, 1.165) is 0 Å². The first kappa shape index (κ1) is 23.3. The number of hydrogen-bond donors (Lipinski definition) is 0. The minimum atomic E-state index is -0.569. The normalized spacial score (nSPS) is 22.0. The maximum Gasteiger partial charge on any atom is 0.335 e. The van der Waals surface area contributed by atoms with Crippen LogP contribution in [0.3, 0.4) is 0 Å². The molecule has 0 aliphatic carbocycles. The van der Waals surface area contributed by atoms with Crippen LogP contribution >= 0.6 is 0 Å². The fourth-order valence-corrected chi connectivity index (χ4v) is 2.09. The minimum Gasteiger partial charge on any atom is -0.330 e. The van der Waals surface area contributed by atoms with Gasteiger partial charge in [0, 0.05) is 24.7 Å². The van der Waals surface area contributed by atoms with Gasteiger partial charge in [0.1, 0.15) is 0 Å². The smallest absolute Gasteiger partial charge is 0.330 e. The van der Waals surface area contributed by atoms with Crippen LogP contribution < -0.4 is 0 Å². The van der Waals surface area contributed by atoms with Gasteiger partial charge in [-0.25, -0.2) is 9.59 Å². The molecule has 0 radical (unpaired) electrons. The molecular weight excluding hydrogens is 372 g/mol. The van der Waals surface area contributed by atoms with Crippen LogP contribution in [0.15, 0.2) is 0 Å². The summed E-state index contributed by atoms with van der Waals surface area (Å²) < 4.78 is 0. The molecule has 0 saturated carbocycles. The Morgan fingerprint density at radius 1 is 0.750 bits per heavy atom. The van der Waals surface area contributed by atoms with Crippen molar-refractivity contribution in [2.75, 3.05) is 0 Å². The predicted molar refractivity (Wildman–Crippen MR) is 93.1 cm³/mol. The lowest BCUT2D eigenvalue weighted by atomic mass is 10.1. The summed E-state index contributed by atoms with van der Waals surface area (Å²) >= 11 is 0. The van der Waals surface area contributed by atoms with E-state index in [0.29, 0.717) is 10.1 Å². The molecule has 2 aliphatic heterocycles. The Balaban J connectivity index is 0.000000280. The van der Waals surface area contributed by atoms with Crippen LogP contribution in [0.5, 0.6) is 0 Å². The summed E-state index contributed by atoms with van der Waals surface area (Å²) in [6.45, 7) is 9.80. The Bertz CT molecular complexity index is 627. The van der Waals surface area contributed by atoms with Crippen molar-refractivity contribution < 1.29 is 38.4 Å². The summed E-state index contributed by atoms with van der Waals surface area (Å²) in [7, 11) is 0. The van der Waals surface area contributed by atoms with Crippen LogP contribution in [0.25, 0.3) is 0 Å². The second kappa shape index (κ2) is 9.43. The third kappa shape index (κ3) is 5.61. The molecule has 0 aromatic heterocycles. The molecule has 2 aliphatic rings. The van der Waals surface area contributed by atoms with Gasteiger partial charge in [-0.3, -0.25) is 19.2 Å². The molecular formula is C18H26N2O8. The van der Waals surface area contributed by atoms with Gasteiger partial charge >= 0.3 is 11.9 Å². The average molecular weight is 398 g/mol. The molecule has 10 nitrogen and oxygen atoms in total. The van der Waals surface area contributed by atoms with Crippen molar-refractivity contribution in [1.29, 1.82) is 0 Å². The zero-order valence-electron chi connectivity index (χ0n) is 16.9. The topological polar surface area (TPSA) is 127 Å². The van der Waals surface area contributed by atoms with Gasteiger partial charge in [0.25, 0.3) is 23.6 Å². The van der Waals surface area contributed by atoms with E-state index in [2.05, 4.69) is 9.68 Å². The number of carbonyl (C=O) groups excluding carboxylic acids is 6. The first-order chi connectivity index (χ1) is 12.9. The van der Waals surface area contributed by atoms with E-state index in [1.54, 1.807) is 41.5 Å². The van der Waals surface area contributed by atoms with E-state index in [9.17, 15) is 28.8 Å². The fourth-order valence-electron chi connectivity index (χ4n) is 2.09. The first-order valence-corrected chi connectivity index (χ1v) is 9.03. The lowest BCUT2D eigenvalue weighted by Crippen LogP contribution is -2.34. The molecule has 0 N–H and O–H groups in total. The van der Waals surface area contributed by atoms with Crippen LogP contribution in [0.2, 0.25) is 0 Å². The second-order valence-electron chi connectivity index (χ2n) is 7.39. The molecule has 0 aromatic rings. The van der Waals surface area contributed by atoms with Crippen molar-refractivity contribution >= 4 is 35.6 Å². The maximum atomic E-state index is 11.3. The Kier molecular flexibility index (Phi) is 7.83. The van der Waals surface area contributed by atoms with Crippen molar-refractivity contribution in [2.24, 2.45) is 23.7 Å². The van der Waals surface area contributed by atoms with E-state index in [1.807, 2.05) is 0 Å². The Morgan fingerprint density at radius 3 is 1.21 bits per heavy atom. The molecule has 0 bridgehead atoms. The zero-order valence-corrected chi connectivity index (χ0v) is 16.9. The number of carbonyl (C=O) groups is 6. The molecule has 2 rings (SSSR count). The van der Waals surface area contributed by atoms with Crippen LogP contribution in [0, 0.1) is 23.7 Å². The molecule has 28 heavy (non-hydrogen) atoms. The Morgan fingerprint density at radius 2 is 1.04 bits per heavy atom. The lowest BCUT2D eigenvalue weighted by molar-refractivity contribution is -0.200. The minimum absolute atomic E-state index is 0.115. The molecule has 4 amide bonds. The molecule has 0 spiro atoms. The number of hydroxylamine groups is 4. The molecule has 2 heterocycles. The Hall–Kier alpha value is -2.78. The number of nitrogens with zero attached hydrogens (tertiary/aromatic N) is 2. The molecule has 156 valence electrons. The predicted octanol–water partition coefficient (Wildman–Crippen LogP) is 0.991.